The molecule has 0 radical (unpaired) electrons. The largest absolute Gasteiger partial charge is 0.380 e. The summed E-state index contributed by atoms with van der Waals surface area (Å²) in [6, 6.07) is 3.18. The van der Waals surface area contributed by atoms with Gasteiger partial charge in [-0.05, 0) is 31.0 Å². The fourth-order valence-corrected chi connectivity index (χ4v) is 3.18. The lowest BCUT2D eigenvalue weighted by molar-refractivity contribution is 0.192. The number of rotatable bonds is 7. The first-order valence-corrected chi connectivity index (χ1v) is 8.36. The van der Waals surface area contributed by atoms with Gasteiger partial charge in [0.1, 0.15) is 0 Å². The maximum Gasteiger partial charge on any atom is 0.258 e. The molecule has 1 aliphatic heterocycles. The van der Waals surface area contributed by atoms with Crippen LogP contribution in [0.25, 0.3) is 0 Å². The molecule has 112 valence electrons. The molecule has 0 amide bonds. The normalized spacial score (nSPS) is 19.4. The van der Waals surface area contributed by atoms with Crippen LogP contribution in [0.15, 0.2) is 23.4 Å². The molecule has 1 saturated heterocycles. The zero-order chi connectivity index (χ0) is 14.4. The number of pyridine rings is 1. The van der Waals surface area contributed by atoms with Gasteiger partial charge in [-0.3, -0.25) is 0 Å². The van der Waals surface area contributed by atoms with Gasteiger partial charge in [-0.15, -0.1) is 0 Å². The van der Waals surface area contributed by atoms with Crippen molar-refractivity contribution < 1.29 is 13.2 Å². The molecule has 7 heteroatoms. The van der Waals surface area contributed by atoms with E-state index < -0.39 is 10.0 Å². The van der Waals surface area contributed by atoms with Crippen molar-refractivity contribution in [3.05, 3.63) is 23.9 Å². The van der Waals surface area contributed by atoms with Crippen molar-refractivity contribution >= 4 is 10.0 Å². The van der Waals surface area contributed by atoms with Crippen LogP contribution >= 0.6 is 0 Å². The molecule has 20 heavy (non-hydrogen) atoms. The number of aromatic nitrogens is 1. The summed E-state index contributed by atoms with van der Waals surface area (Å²) in [7, 11) is -3.55. The highest BCUT2D eigenvalue weighted by atomic mass is 32.2. The smallest absolute Gasteiger partial charge is 0.258 e. The van der Waals surface area contributed by atoms with Crippen molar-refractivity contribution in [2.24, 2.45) is 0 Å². The summed E-state index contributed by atoms with van der Waals surface area (Å²) in [6.07, 6.45) is 3.37. The second-order valence-electron chi connectivity index (χ2n) is 4.86. The number of hydrogen-bond acceptors (Lipinski definition) is 5. The van der Waals surface area contributed by atoms with Crippen molar-refractivity contribution in [3.8, 4) is 0 Å². The third-order valence-electron chi connectivity index (χ3n) is 3.08. The molecule has 6 nitrogen and oxygen atoms in total. The van der Waals surface area contributed by atoms with Gasteiger partial charge in [-0.2, -0.15) is 0 Å². The monoisotopic (exact) mass is 299 g/mol. The molecule has 0 spiro atoms. The fourth-order valence-electron chi connectivity index (χ4n) is 1.99. The Bertz CT molecular complexity index is 510. The minimum absolute atomic E-state index is 0.0589. The second-order valence-corrected chi connectivity index (χ2v) is 6.52. The van der Waals surface area contributed by atoms with Crippen LogP contribution in [-0.2, 0) is 21.3 Å². The minimum atomic E-state index is -3.55. The van der Waals surface area contributed by atoms with Crippen LogP contribution in [0.1, 0.15) is 25.3 Å². The van der Waals surface area contributed by atoms with Gasteiger partial charge < -0.3 is 10.1 Å². The van der Waals surface area contributed by atoms with Gasteiger partial charge in [-0.1, -0.05) is 13.0 Å². The van der Waals surface area contributed by atoms with Crippen LogP contribution in [0.4, 0.5) is 0 Å². The molecule has 2 heterocycles. The summed E-state index contributed by atoms with van der Waals surface area (Å²) < 4.78 is 32.0. The summed E-state index contributed by atoms with van der Waals surface area (Å²) in [5.74, 6) is 0. The van der Waals surface area contributed by atoms with Crippen molar-refractivity contribution in [1.82, 2.24) is 15.0 Å². The van der Waals surface area contributed by atoms with Crippen molar-refractivity contribution in [3.63, 3.8) is 0 Å². The molecule has 0 bridgehead atoms. The zero-order valence-corrected chi connectivity index (χ0v) is 12.4. The molecule has 1 unspecified atom stereocenters. The zero-order valence-electron chi connectivity index (χ0n) is 11.6. The Hall–Kier alpha value is -1.02. The van der Waals surface area contributed by atoms with E-state index in [-0.39, 0.29) is 11.1 Å². The van der Waals surface area contributed by atoms with Crippen LogP contribution in [0.3, 0.4) is 0 Å². The predicted octanol–water partition coefficient (Wildman–Crippen LogP) is 0.648. The van der Waals surface area contributed by atoms with E-state index in [1.165, 1.54) is 0 Å². The number of sulfonamides is 1. The van der Waals surface area contributed by atoms with Crippen LogP contribution in [0, 0.1) is 0 Å². The van der Waals surface area contributed by atoms with E-state index >= 15 is 0 Å². The Morgan fingerprint density at radius 1 is 1.45 bits per heavy atom. The van der Waals surface area contributed by atoms with Crippen LogP contribution < -0.4 is 10.0 Å². The van der Waals surface area contributed by atoms with Crippen molar-refractivity contribution in [2.45, 2.75) is 37.4 Å². The van der Waals surface area contributed by atoms with Gasteiger partial charge in [-0.25, -0.2) is 18.1 Å². The van der Waals surface area contributed by atoms with Gasteiger partial charge >= 0.3 is 0 Å². The molecule has 0 aliphatic carbocycles. The maximum absolute atomic E-state index is 12.1. The van der Waals surface area contributed by atoms with Gasteiger partial charge in [0.2, 0.25) is 0 Å². The minimum Gasteiger partial charge on any atom is -0.380 e. The first-order valence-electron chi connectivity index (χ1n) is 6.87. The highest BCUT2D eigenvalue weighted by molar-refractivity contribution is 7.89. The van der Waals surface area contributed by atoms with Crippen LogP contribution in [0.2, 0.25) is 0 Å². The summed E-state index contributed by atoms with van der Waals surface area (Å²) in [4.78, 5) is 4.04. The molecule has 1 aromatic heterocycles. The lowest BCUT2D eigenvalue weighted by Gasteiger charge is -2.11. The molecule has 2 rings (SSSR count). The summed E-state index contributed by atoms with van der Waals surface area (Å²) in [5.41, 5.74) is 0.974. The molecule has 2 N–H and O–H groups in total. The van der Waals surface area contributed by atoms with Crippen molar-refractivity contribution in [2.75, 3.05) is 19.8 Å². The predicted molar refractivity (Wildman–Crippen MR) is 75.8 cm³/mol. The quantitative estimate of drug-likeness (QED) is 0.723. The SMILES string of the molecule is CCCNCc1ccc(S(=O)(=O)NC2CCOC2)nc1. The number of nitrogens with one attached hydrogen (secondary N) is 2. The van der Waals surface area contributed by atoms with E-state index in [4.69, 9.17) is 4.74 Å². The molecule has 0 aromatic carbocycles. The third-order valence-corrected chi connectivity index (χ3v) is 4.52. The van der Waals surface area contributed by atoms with Gasteiger partial charge in [0, 0.05) is 25.4 Å². The van der Waals surface area contributed by atoms with E-state index in [1.54, 1.807) is 18.3 Å². The van der Waals surface area contributed by atoms with Gasteiger partial charge in [0.05, 0.1) is 6.61 Å². The summed E-state index contributed by atoms with van der Waals surface area (Å²) in [5, 5.41) is 3.31. The molecule has 1 atom stereocenters. The maximum atomic E-state index is 12.1. The molecule has 1 aromatic rings. The van der Waals surface area contributed by atoms with Crippen LogP contribution in [0.5, 0.6) is 0 Å². The average Bonchev–Trinajstić information content (AvgIpc) is 2.92. The molecule has 1 aliphatic rings. The van der Waals surface area contributed by atoms with E-state index in [9.17, 15) is 8.42 Å². The third kappa shape index (κ3) is 4.24. The number of ether oxygens (including phenoxy) is 1. The Labute approximate surface area is 120 Å². The van der Waals surface area contributed by atoms with Crippen LogP contribution in [-0.4, -0.2) is 39.2 Å². The molecule has 1 fully saturated rings. The van der Waals surface area contributed by atoms with E-state index in [1.807, 2.05) is 0 Å². The summed E-state index contributed by atoms with van der Waals surface area (Å²) >= 11 is 0. The van der Waals surface area contributed by atoms with Gasteiger partial charge in [0.25, 0.3) is 10.0 Å². The van der Waals surface area contributed by atoms with Gasteiger partial charge in [0.15, 0.2) is 5.03 Å². The first kappa shape index (κ1) is 15.4. The topological polar surface area (TPSA) is 80.3 Å². The Kier molecular flexibility index (Phi) is 5.47. The summed E-state index contributed by atoms with van der Waals surface area (Å²) in [6.45, 7) is 4.76. The standard InChI is InChI=1S/C13H21N3O3S/c1-2-6-14-8-11-3-4-13(15-9-11)20(17,18)16-12-5-7-19-10-12/h3-4,9,12,14,16H,2,5-8,10H2,1H3. The van der Waals surface area contributed by atoms with E-state index in [2.05, 4.69) is 21.9 Å². The lowest BCUT2D eigenvalue weighted by Crippen LogP contribution is -2.35. The number of hydrogen-bond donors (Lipinski definition) is 2. The first-order chi connectivity index (χ1) is 9.62. The molecule has 0 saturated carbocycles. The molecular formula is C13H21N3O3S. The van der Waals surface area contributed by atoms with E-state index in [0.29, 0.717) is 26.2 Å². The fraction of sp³-hybridized carbons (Fsp3) is 0.615. The Balaban J connectivity index is 1.97. The number of nitrogens with zero attached hydrogens (tertiary/aromatic N) is 1. The second kappa shape index (κ2) is 7.12. The highest BCUT2D eigenvalue weighted by Gasteiger charge is 2.24. The van der Waals surface area contributed by atoms with Crippen molar-refractivity contribution in [1.29, 1.82) is 0 Å². The van der Waals surface area contributed by atoms with E-state index in [0.717, 1.165) is 18.5 Å². The lowest BCUT2D eigenvalue weighted by atomic mass is 10.3. The average molecular weight is 299 g/mol. The Morgan fingerprint density at radius 2 is 2.30 bits per heavy atom. The molecular weight excluding hydrogens is 278 g/mol. The highest BCUT2D eigenvalue weighted by Crippen LogP contribution is 2.11. The Morgan fingerprint density at radius 3 is 2.90 bits per heavy atom.